The van der Waals surface area contributed by atoms with Crippen LogP contribution in [0.5, 0.6) is 0 Å². The Morgan fingerprint density at radius 1 is 1.38 bits per heavy atom. The third kappa shape index (κ3) is 3.04. The van der Waals surface area contributed by atoms with Crippen LogP contribution in [0.1, 0.15) is 35.9 Å². The van der Waals surface area contributed by atoms with E-state index in [4.69, 9.17) is 0 Å². The number of esters is 1. The summed E-state index contributed by atoms with van der Waals surface area (Å²) in [7, 11) is 1.34. The largest absolute Gasteiger partial charge is 0.478 e. The van der Waals surface area contributed by atoms with Gasteiger partial charge in [0.2, 0.25) is 0 Å². The smallest absolute Gasteiger partial charge is 0.337 e. The van der Waals surface area contributed by atoms with Crippen molar-refractivity contribution in [1.29, 1.82) is 0 Å². The molecule has 1 heterocycles. The number of aromatic nitrogens is 2. The van der Waals surface area contributed by atoms with E-state index in [0.29, 0.717) is 17.6 Å². The number of fused-ring (bicyclic) bond motifs is 1. The highest BCUT2D eigenvalue weighted by atomic mass is 16.5. The fourth-order valence-corrected chi connectivity index (χ4v) is 2.37. The second kappa shape index (κ2) is 6.39. The molecule has 1 aromatic heterocycles. The molecule has 0 aliphatic heterocycles. The number of imidazole rings is 1. The van der Waals surface area contributed by atoms with Crippen LogP contribution in [0.25, 0.3) is 11.0 Å². The molecule has 0 radical (unpaired) electrons. The highest BCUT2D eigenvalue weighted by molar-refractivity contribution is 6.01. The van der Waals surface area contributed by atoms with Crippen LogP contribution in [-0.2, 0) is 22.5 Å². The summed E-state index contributed by atoms with van der Waals surface area (Å²) < 4.78 is 6.47. The van der Waals surface area contributed by atoms with Crippen LogP contribution in [0, 0.1) is 0 Å². The third-order valence-corrected chi connectivity index (χ3v) is 3.32. The maximum atomic E-state index is 11.4. The number of rotatable bonds is 6. The highest BCUT2D eigenvalue weighted by Crippen LogP contribution is 2.22. The van der Waals surface area contributed by atoms with Crippen molar-refractivity contribution in [3.63, 3.8) is 0 Å². The zero-order valence-corrected chi connectivity index (χ0v) is 12.1. The number of ether oxygens (including phenoxy) is 1. The average molecular weight is 290 g/mol. The predicted molar refractivity (Wildman–Crippen MR) is 77.3 cm³/mol. The number of para-hydroxylation sites is 1. The highest BCUT2D eigenvalue weighted by Gasteiger charge is 2.17. The first kappa shape index (κ1) is 15.0. The van der Waals surface area contributed by atoms with E-state index >= 15 is 0 Å². The lowest BCUT2D eigenvalue weighted by molar-refractivity contribution is -0.140. The van der Waals surface area contributed by atoms with E-state index in [2.05, 4.69) is 9.72 Å². The third-order valence-electron chi connectivity index (χ3n) is 3.32. The molecule has 0 atom stereocenters. The molecule has 0 bridgehead atoms. The maximum absolute atomic E-state index is 11.4. The molecular weight excluding hydrogens is 272 g/mol. The topological polar surface area (TPSA) is 81.4 Å². The molecule has 0 fully saturated rings. The Kier molecular flexibility index (Phi) is 4.57. The molecule has 21 heavy (non-hydrogen) atoms. The lowest BCUT2D eigenvalue weighted by Gasteiger charge is -2.09. The predicted octanol–water partition coefficient (Wildman–Crippen LogP) is 2.25. The van der Waals surface area contributed by atoms with E-state index in [9.17, 15) is 14.7 Å². The minimum absolute atomic E-state index is 0.187. The number of hydrogen-bond donors (Lipinski definition) is 1. The Balaban J connectivity index is 2.53. The number of carboxylic acids is 1. The van der Waals surface area contributed by atoms with Crippen molar-refractivity contribution in [2.24, 2.45) is 0 Å². The molecule has 0 saturated carbocycles. The van der Waals surface area contributed by atoms with Gasteiger partial charge in [-0.25, -0.2) is 9.78 Å². The van der Waals surface area contributed by atoms with Crippen molar-refractivity contribution in [3.8, 4) is 0 Å². The van der Waals surface area contributed by atoms with E-state index in [1.54, 1.807) is 18.2 Å². The standard InChI is InChI=1S/C15H18N2O4/c1-3-5-12-16-11-7-4-6-10(15(19)20)14(11)17(12)9-8-13(18)21-2/h4,6-7H,3,5,8-9H2,1-2H3,(H,19,20). The number of carbonyl (C=O) groups excluding carboxylic acids is 1. The lowest BCUT2D eigenvalue weighted by Crippen LogP contribution is -2.11. The number of hydrogen-bond acceptors (Lipinski definition) is 4. The molecule has 6 heteroatoms. The fraction of sp³-hybridized carbons (Fsp3) is 0.400. The van der Waals surface area contributed by atoms with E-state index in [-0.39, 0.29) is 18.0 Å². The van der Waals surface area contributed by atoms with E-state index in [0.717, 1.165) is 18.7 Å². The van der Waals surface area contributed by atoms with Gasteiger partial charge in [0.1, 0.15) is 5.82 Å². The average Bonchev–Trinajstić information content (AvgIpc) is 2.82. The summed E-state index contributed by atoms with van der Waals surface area (Å²) in [5.41, 5.74) is 1.41. The summed E-state index contributed by atoms with van der Waals surface area (Å²) in [6.07, 6.45) is 1.81. The summed E-state index contributed by atoms with van der Waals surface area (Å²) in [5, 5.41) is 9.34. The molecule has 0 unspecified atom stereocenters. The van der Waals surface area contributed by atoms with Gasteiger partial charge in [-0.05, 0) is 18.6 Å². The number of aryl methyl sites for hydroxylation is 2. The van der Waals surface area contributed by atoms with Crippen molar-refractivity contribution in [1.82, 2.24) is 9.55 Å². The van der Waals surface area contributed by atoms with Gasteiger partial charge in [-0.2, -0.15) is 0 Å². The van der Waals surface area contributed by atoms with Gasteiger partial charge in [0, 0.05) is 13.0 Å². The van der Waals surface area contributed by atoms with Crippen LogP contribution >= 0.6 is 0 Å². The summed E-state index contributed by atoms with van der Waals surface area (Å²) in [6.45, 7) is 2.39. The first-order chi connectivity index (χ1) is 10.1. The zero-order chi connectivity index (χ0) is 15.4. The number of carbonyl (C=O) groups is 2. The molecule has 0 saturated heterocycles. The van der Waals surface area contributed by atoms with Crippen molar-refractivity contribution >= 4 is 23.0 Å². The molecule has 0 aliphatic rings. The Morgan fingerprint density at radius 3 is 2.76 bits per heavy atom. The minimum atomic E-state index is -0.997. The Hall–Kier alpha value is -2.37. The van der Waals surface area contributed by atoms with Crippen LogP contribution in [0.15, 0.2) is 18.2 Å². The van der Waals surface area contributed by atoms with Gasteiger partial charge in [0.25, 0.3) is 0 Å². The van der Waals surface area contributed by atoms with Crippen LogP contribution in [-0.4, -0.2) is 33.7 Å². The van der Waals surface area contributed by atoms with E-state index in [1.165, 1.54) is 7.11 Å². The Morgan fingerprint density at radius 2 is 2.14 bits per heavy atom. The van der Waals surface area contributed by atoms with Gasteiger partial charge in [-0.1, -0.05) is 13.0 Å². The van der Waals surface area contributed by atoms with Crippen LogP contribution in [0.3, 0.4) is 0 Å². The van der Waals surface area contributed by atoms with E-state index in [1.807, 2.05) is 11.5 Å². The SMILES string of the molecule is CCCc1nc2cccc(C(=O)O)c2n1CCC(=O)OC. The molecule has 0 amide bonds. The first-order valence-electron chi connectivity index (χ1n) is 6.86. The van der Waals surface area contributed by atoms with Crippen molar-refractivity contribution < 1.29 is 19.4 Å². The zero-order valence-electron chi connectivity index (χ0n) is 12.1. The van der Waals surface area contributed by atoms with Gasteiger partial charge < -0.3 is 14.4 Å². The minimum Gasteiger partial charge on any atom is -0.478 e. The second-order valence-corrected chi connectivity index (χ2v) is 4.73. The fourth-order valence-electron chi connectivity index (χ4n) is 2.37. The molecule has 112 valence electrons. The molecule has 2 aromatic rings. The quantitative estimate of drug-likeness (QED) is 0.825. The molecule has 6 nitrogen and oxygen atoms in total. The lowest BCUT2D eigenvalue weighted by atomic mass is 10.2. The van der Waals surface area contributed by atoms with Crippen LogP contribution < -0.4 is 0 Å². The Bertz CT molecular complexity index is 676. The number of aromatic carboxylic acids is 1. The van der Waals surface area contributed by atoms with Gasteiger partial charge in [0.05, 0.1) is 30.1 Å². The summed E-state index contributed by atoms with van der Waals surface area (Å²) in [6, 6.07) is 5.02. The molecular formula is C15H18N2O4. The number of methoxy groups -OCH3 is 1. The van der Waals surface area contributed by atoms with Gasteiger partial charge in [0.15, 0.2) is 0 Å². The first-order valence-corrected chi connectivity index (χ1v) is 6.86. The number of carboxylic acid groups (broad SMARTS) is 1. The van der Waals surface area contributed by atoms with E-state index < -0.39 is 5.97 Å². The second-order valence-electron chi connectivity index (χ2n) is 4.73. The Labute approximate surface area is 122 Å². The summed E-state index contributed by atoms with van der Waals surface area (Å²) >= 11 is 0. The monoisotopic (exact) mass is 290 g/mol. The van der Waals surface area contributed by atoms with Crippen molar-refractivity contribution in [3.05, 3.63) is 29.6 Å². The molecule has 2 rings (SSSR count). The molecule has 1 N–H and O–H groups in total. The van der Waals surface area contributed by atoms with Crippen molar-refractivity contribution in [2.45, 2.75) is 32.7 Å². The molecule has 0 aliphatic carbocycles. The number of nitrogens with zero attached hydrogens (tertiary/aromatic N) is 2. The summed E-state index contributed by atoms with van der Waals surface area (Å²) in [5.74, 6) is -0.528. The number of benzene rings is 1. The van der Waals surface area contributed by atoms with Gasteiger partial charge >= 0.3 is 11.9 Å². The molecule has 1 aromatic carbocycles. The van der Waals surface area contributed by atoms with Crippen LogP contribution in [0.4, 0.5) is 0 Å². The van der Waals surface area contributed by atoms with Gasteiger partial charge in [-0.15, -0.1) is 0 Å². The van der Waals surface area contributed by atoms with Gasteiger partial charge in [-0.3, -0.25) is 4.79 Å². The summed E-state index contributed by atoms with van der Waals surface area (Å²) in [4.78, 5) is 27.3. The van der Waals surface area contributed by atoms with Crippen molar-refractivity contribution in [2.75, 3.05) is 7.11 Å². The molecule has 0 spiro atoms. The van der Waals surface area contributed by atoms with Crippen LogP contribution in [0.2, 0.25) is 0 Å². The maximum Gasteiger partial charge on any atom is 0.337 e. The normalized spacial score (nSPS) is 10.8.